The second-order valence-corrected chi connectivity index (χ2v) is 8.64. The van der Waals surface area contributed by atoms with E-state index >= 15 is 0 Å². The van der Waals surface area contributed by atoms with Crippen LogP contribution in [-0.2, 0) is 9.59 Å². The van der Waals surface area contributed by atoms with Crippen LogP contribution in [0.2, 0.25) is 5.02 Å². The standard InChI is InChI=1S/C22H31ClN2O2/c1-15(2)8-10-19-14-25(20(12-16(3)4)22(27)24-19)21(26)11-9-17-6-5-7-18(23)13-17/h5-7,9,11,13,15-16,19-20H,8,10,12,14H2,1-4H3,(H,24,27). The molecule has 0 saturated carbocycles. The molecule has 0 radical (unpaired) electrons. The van der Waals surface area contributed by atoms with Gasteiger partial charge in [-0.2, -0.15) is 0 Å². The highest BCUT2D eigenvalue weighted by Crippen LogP contribution is 2.20. The van der Waals surface area contributed by atoms with E-state index in [9.17, 15) is 9.59 Å². The van der Waals surface area contributed by atoms with Gasteiger partial charge in [0.05, 0.1) is 0 Å². The summed E-state index contributed by atoms with van der Waals surface area (Å²) in [5.41, 5.74) is 0.870. The van der Waals surface area contributed by atoms with Gasteiger partial charge in [0.25, 0.3) is 0 Å². The van der Waals surface area contributed by atoms with Crippen molar-refractivity contribution in [2.24, 2.45) is 11.8 Å². The molecule has 0 aromatic heterocycles. The molecule has 1 aromatic carbocycles. The molecule has 2 amide bonds. The number of carbonyl (C=O) groups is 2. The summed E-state index contributed by atoms with van der Waals surface area (Å²) in [6, 6.07) is 6.97. The first-order chi connectivity index (χ1) is 12.8. The fraction of sp³-hybridized carbons (Fsp3) is 0.545. The predicted molar refractivity (Wildman–Crippen MR) is 111 cm³/mol. The Balaban J connectivity index is 2.15. The minimum absolute atomic E-state index is 0.0202. The van der Waals surface area contributed by atoms with Crippen LogP contribution in [0.15, 0.2) is 30.3 Å². The zero-order valence-electron chi connectivity index (χ0n) is 16.7. The number of nitrogens with one attached hydrogen (secondary N) is 1. The van der Waals surface area contributed by atoms with Crippen molar-refractivity contribution in [3.05, 3.63) is 40.9 Å². The Labute approximate surface area is 168 Å². The largest absolute Gasteiger partial charge is 0.350 e. The lowest BCUT2D eigenvalue weighted by atomic mass is 9.95. The lowest BCUT2D eigenvalue weighted by molar-refractivity contribution is -0.142. The van der Waals surface area contributed by atoms with Crippen LogP contribution in [0, 0.1) is 11.8 Å². The van der Waals surface area contributed by atoms with Gasteiger partial charge in [-0.3, -0.25) is 9.59 Å². The van der Waals surface area contributed by atoms with Crippen LogP contribution in [0.25, 0.3) is 6.08 Å². The van der Waals surface area contributed by atoms with Gasteiger partial charge in [0.15, 0.2) is 0 Å². The minimum atomic E-state index is -0.406. The molecule has 27 heavy (non-hydrogen) atoms. The van der Waals surface area contributed by atoms with Crippen molar-refractivity contribution in [2.75, 3.05) is 6.54 Å². The topological polar surface area (TPSA) is 49.4 Å². The number of halogens is 1. The van der Waals surface area contributed by atoms with Gasteiger partial charge in [-0.1, -0.05) is 51.4 Å². The van der Waals surface area contributed by atoms with Crippen LogP contribution in [0.4, 0.5) is 0 Å². The van der Waals surface area contributed by atoms with Gasteiger partial charge < -0.3 is 10.2 Å². The number of amides is 2. The van der Waals surface area contributed by atoms with E-state index in [0.717, 1.165) is 18.4 Å². The summed E-state index contributed by atoms with van der Waals surface area (Å²) in [4.78, 5) is 27.3. The van der Waals surface area contributed by atoms with E-state index in [1.807, 2.05) is 18.2 Å². The molecule has 1 N–H and O–H groups in total. The molecule has 2 atom stereocenters. The molecule has 1 heterocycles. The predicted octanol–water partition coefficient (Wildman–Crippen LogP) is 4.53. The molecule has 0 aliphatic carbocycles. The average Bonchev–Trinajstić information content (AvgIpc) is 2.59. The van der Waals surface area contributed by atoms with Gasteiger partial charge in [-0.05, 0) is 54.9 Å². The third kappa shape index (κ3) is 6.69. The monoisotopic (exact) mass is 390 g/mol. The summed E-state index contributed by atoms with van der Waals surface area (Å²) < 4.78 is 0. The van der Waals surface area contributed by atoms with E-state index in [1.54, 1.807) is 23.1 Å². The van der Waals surface area contributed by atoms with E-state index in [1.165, 1.54) is 0 Å². The van der Waals surface area contributed by atoms with Crippen molar-refractivity contribution in [2.45, 2.75) is 59.0 Å². The first kappa shape index (κ1) is 21.5. The molecule has 1 saturated heterocycles. The quantitative estimate of drug-likeness (QED) is 0.695. The molecule has 4 nitrogen and oxygen atoms in total. The average molecular weight is 391 g/mol. The van der Waals surface area contributed by atoms with Gasteiger partial charge in [0.2, 0.25) is 11.8 Å². The Kier molecular flexibility index (Phi) is 7.91. The Morgan fingerprint density at radius 1 is 1.30 bits per heavy atom. The van der Waals surface area contributed by atoms with E-state index in [0.29, 0.717) is 29.8 Å². The molecule has 1 aromatic rings. The maximum Gasteiger partial charge on any atom is 0.247 e. The maximum atomic E-state index is 12.9. The zero-order valence-corrected chi connectivity index (χ0v) is 17.5. The molecule has 2 rings (SSSR count). The summed E-state index contributed by atoms with van der Waals surface area (Å²) in [5.74, 6) is 0.751. The Morgan fingerprint density at radius 2 is 2.04 bits per heavy atom. The van der Waals surface area contributed by atoms with Crippen LogP contribution in [-0.4, -0.2) is 35.3 Å². The van der Waals surface area contributed by atoms with E-state index in [4.69, 9.17) is 11.6 Å². The highest BCUT2D eigenvalue weighted by atomic mass is 35.5. The minimum Gasteiger partial charge on any atom is -0.350 e. The third-order valence-corrected chi connectivity index (χ3v) is 5.01. The number of nitrogens with zero attached hydrogens (tertiary/aromatic N) is 1. The molecular weight excluding hydrogens is 360 g/mol. The Morgan fingerprint density at radius 3 is 2.67 bits per heavy atom. The van der Waals surface area contributed by atoms with Crippen molar-refractivity contribution in [1.29, 1.82) is 0 Å². The molecular formula is C22H31ClN2O2. The highest BCUT2D eigenvalue weighted by Gasteiger charge is 2.36. The molecule has 0 bridgehead atoms. The molecule has 0 spiro atoms. The van der Waals surface area contributed by atoms with Crippen molar-refractivity contribution in [3.63, 3.8) is 0 Å². The first-order valence-corrected chi connectivity index (χ1v) is 10.2. The number of carbonyl (C=O) groups excluding carboxylic acids is 2. The number of rotatable bonds is 7. The Hall–Kier alpha value is -1.81. The molecule has 5 heteroatoms. The van der Waals surface area contributed by atoms with Crippen molar-refractivity contribution < 1.29 is 9.59 Å². The highest BCUT2D eigenvalue weighted by molar-refractivity contribution is 6.30. The normalized spacial score (nSPS) is 20.6. The zero-order chi connectivity index (χ0) is 20.0. The fourth-order valence-corrected chi connectivity index (χ4v) is 3.54. The summed E-state index contributed by atoms with van der Waals surface area (Å²) >= 11 is 6.01. The van der Waals surface area contributed by atoms with Crippen molar-refractivity contribution in [1.82, 2.24) is 10.2 Å². The SMILES string of the molecule is CC(C)CCC1CN(C(=O)C=Cc2cccc(Cl)c2)C(CC(C)C)C(=O)N1. The van der Waals surface area contributed by atoms with Crippen LogP contribution in [0.5, 0.6) is 0 Å². The number of hydrogen-bond acceptors (Lipinski definition) is 2. The molecule has 2 unspecified atom stereocenters. The lowest BCUT2D eigenvalue weighted by Gasteiger charge is -2.40. The second-order valence-electron chi connectivity index (χ2n) is 8.20. The van der Waals surface area contributed by atoms with Crippen molar-refractivity contribution >= 4 is 29.5 Å². The lowest BCUT2D eigenvalue weighted by Crippen LogP contribution is -2.61. The van der Waals surface area contributed by atoms with E-state index in [2.05, 4.69) is 33.0 Å². The van der Waals surface area contributed by atoms with Gasteiger partial charge >= 0.3 is 0 Å². The first-order valence-electron chi connectivity index (χ1n) is 9.81. The number of piperazine rings is 1. The van der Waals surface area contributed by atoms with Gasteiger partial charge in [0.1, 0.15) is 6.04 Å². The maximum absolute atomic E-state index is 12.9. The summed E-state index contributed by atoms with van der Waals surface area (Å²) in [6.45, 7) is 9.05. The third-order valence-electron chi connectivity index (χ3n) is 4.78. The van der Waals surface area contributed by atoms with Gasteiger partial charge in [-0.15, -0.1) is 0 Å². The Bertz CT molecular complexity index is 685. The molecule has 1 aliphatic rings. The van der Waals surface area contributed by atoms with Crippen LogP contribution in [0.1, 0.15) is 52.5 Å². The van der Waals surface area contributed by atoms with E-state index in [-0.39, 0.29) is 17.9 Å². The van der Waals surface area contributed by atoms with Gasteiger partial charge in [-0.25, -0.2) is 0 Å². The molecule has 1 aliphatic heterocycles. The molecule has 148 valence electrons. The van der Waals surface area contributed by atoms with Gasteiger partial charge in [0, 0.05) is 23.7 Å². The summed E-state index contributed by atoms with van der Waals surface area (Å²) in [7, 11) is 0. The van der Waals surface area contributed by atoms with Crippen LogP contribution >= 0.6 is 11.6 Å². The van der Waals surface area contributed by atoms with Crippen LogP contribution < -0.4 is 5.32 Å². The van der Waals surface area contributed by atoms with Crippen LogP contribution in [0.3, 0.4) is 0 Å². The van der Waals surface area contributed by atoms with Crippen molar-refractivity contribution in [3.8, 4) is 0 Å². The summed E-state index contributed by atoms with van der Waals surface area (Å²) in [6.07, 6.45) is 5.90. The molecule has 1 fully saturated rings. The number of benzene rings is 1. The van der Waals surface area contributed by atoms with E-state index < -0.39 is 6.04 Å². The fourth-order valence-electron chi connectivity index (χ4n) is 3.35. The smallest absolute Gasteiger partial charge is 0.247 e. The summed E-state index contributed by atoms with van der Waals surface area (Å²) in [5, 5.41) is 3.75. The number of hydrogen-bond donors (Lipinski definition) is 1. The second kappa shape index (κ2) is 9.93.